The molecule has 0 saturated carbocycles. The largest absolute Gasteiger partial charge is 0.439 e. The SMILES string of the molecule is CC(=O)N1CC(N2C(=O)COC2=O)C1. The van der Waals surface area contributed by atoms with Crippen LogP contribution >= 0.6 is 0 Å². The van der Waals surface area contributed by atoms with E-state index in [9.17, 15) is 14.4 Å². The lowest BCUT2D eigenvalue weighted by atomic mass is 10.1. The van der Waals surface area contributed by atoms with Gasteiger partial charge in [-0.25, -0.2) is 9.69 Å². The van der Waals surface area contributed by atoms with Crippen LogP contribution in [-0.4, -0.2) is 53.4 Å². The average Bonchev–Trinajstić information content (AvgIpc) is 2.32. The van der Waals surface area contributed by atoms with E-state index in [0.717, 1.165) is 4.90 Å². The van der Waals surface area contributed by atoms with Crippen LogP contribution in [0.5, 0.6) is 0 Å². The Bertz CT molecular complexity index is 292. The Labute approximate surface area is 80.4 Å². The minimum atomic E-state index is -0.594. The van der Waals surface area contributed by atoms with Gasteiger partial charge in [-0.2, -0.15) is 0 Å². The molecule has 0 N–H and O–H groups in total. The molecule has 0 aliphatic carbocycles. The third kappa shape index (κ3) is 1.23. The number of cyclic esters (lactones) is 1. The van der Waals surface area contributed by atoms with Gasteiger partial charge < -0.3 is 9.64 Å². The van der Waals surface area contributed by atoms with Crippen molar-refractivity contribution >= 4 is 17.9 Å². The lowest BCUT2D eigenvalue weighted by Gasteiger charge is -2.41. The van der Waals surface area contributed by atoms with Crippen molar-refractivity contribution in [3.63, 3.8) is 0 Å². The molecule has 0 spiro atoms. The number of likely N-dealkylation sites (tertiary alicyclic amines) is 1. The van der Waals surface area contributed by atoms with Gasteiger partial charge in [0.1, 0.15) is 0 Å². The van der Waals surface area contributed by atoms with Crippen molar-refractivity contribution in [1.29, 1.82) is 0 Å². The fourth-order valence-corrected chi connectivity index (χ4v) is 1.59. The minimum Gasteiger partial charge on any atom is -0.439 e. The lowest BCUT2D eigenvalue weighted by Crippen LogP contribution is -2.61. The topological polar surface area (TPSA) is 66.9 Å². The van der Waals surface area contributed by atoms with Crippen LogP contribution in [0.25, 0.3) is 0 Å². The average molecular weight is 198 g/mol. The van der Waals surface area contributed by atoms with Gasteiger partial charge in [0, 0.05) is 20.0 Å². The highest BCUT2D eigenvalue weighted by Gasteiger charge is 2.43. The number of hydrogen-bond acceptors (Lipinski definition) is 4. The van der Waals surface area contributed by atoms with Crippen molar-refractivity contribution in [3.8, 4) is 0 Å². The van der Waals surface area contributed by atoms with Gasteiger partial charge in [-0.3, -0.25) is 9.59 Å². The minimum absolute atomic E-state index is 0.0405. The Hall–Kier alpha value is -1.59. The Balaban J connectivity index is 1.96. The summed E-state index contributed by atoms with van der Waals surface area (Å²) < 4.78 is 4.56. The smallest absolute Gasteiger partial charge is 0.417 e. The summed E-state index contributed by atoms with van der Waals surface area (Å²) >= 11 is 0. The number of ether oxygens (including phenoxy) is 1. The molecule has 2 heterocycles. The van der Waals surface area contributed by atoms with Crippen molar-refractivity contribution in [3.05, 3.63) is 0 Å². The number of carbonyl (C=O) groups is 3. The summed E-state index contributed by atoms with van der Waals surface area (Å²) in [5.74, 6) is -0.357. The van der Waals surface area contributed by atoms with Crippen molar-refractivity contribution < 1.29 is 19.1 Å². The van der Waals surface area contributed by atoms with Crippen molar-refractivity contribution in [2.45, 2.75) is 13.0 Å². The maximum Gasteiger partial charge on any atom is 0.417 e. The van der Waals surface area contributed by atoms with Crippen LogP contribution in [0.1, 0.15) is 6.92 Å². The van der Waals surface area contributed by atoms with E-state index >= 15 is 0 Å². The highest BCUT2D eigenvalue weighted by molar-refractivity contribution is 5.98. The summed E-state index contributed by atoms with van der Waals surface area (Å²) in [6.07, 6.45) is -0.594. The molecule has 2 aliphatic rings. The fraction of sp³-hybridized carbons (Fsp3) is 0.625. The first-order valence-electron chi connectivity index (χ1n) is 4.34. The molecule has 0 aromatic carbocycles. The molecular weight excluding hydrogens is 188 g/mol. The monoisotopic (exact) mass is 198 g/mol. The summed E-state index contributed by atoms with van der Waals surface area (Å²) in [5.41, 5.74) is 0. The van der Waals surface area contributed by atoms with Gasteiger partial charge in [-0.05, 0) is 0 Å². The second-order valence-electron chi connectivity index (χ2n) is 3.40. The molecule has 0 radical (unpaired) electrons. The summed E-state index contributed by atoms with van der Waals surface area (Å²) in [5, 5.41) is 0. The number of carbonyl (C=O) groups excluding carboxylic acids is 3. The van der Waals surface area contributed by atoms with Gasteiger partial charge in [0.25, 0.3) is 5.91 Å². The van der Waals surface area contributed by atoms with E-state index in [2.05, 4.69) is 4.74 Å². The molecule has 14 heavy (non-hydrogen) atoms. The van der Waals surface area contributed by atoms with Crippen LogP contribution in [0.4, 0.5) is 4.79 Å². The molecule has 0 aromatic rings. The van der Waals surface area contributed by atoms with E-state index in [1.807, 2.05) is 0 Å². The second kappa shape index (κ2) is 2.97. The molecule has 0 aromatic heterocycles. The van der Waals surface area contributed by atoms with Crippen LogP contribution < -0.4 is 0 Å². The van der Waals surface area contributed by atoms with Gasteiger partial charge in [0.2, 0.25) is 5.91 Å². The molecule has 3 amide bonds. The summed E-state index contributed by atoms with van der Waals surface area (Å²) in [7, 11) is 0. The Morgan fingerprint density at radius 1 is 1.43 bits per heavy atom. The van der Waals surface area contributed by atoms with Crippen LogP contribution in [0.3, 0.4) is 0 Å². The Morgan fingerprint density at radius 3 is 2.50 bits per heavy atom. The molecule has 2 fully saturated rings. The zero-order valence-corrected chi connectivity index (χ0v) is 7.73. The highest BCUT2D eigenvalue weighted by Crippen LogP contribution is 2.19. The van der Waals surface area contributed by atoms with Crippen LogP contribution in [0.2, 0.25) is 0 Å². The van der Waals surface area contributed by atoms with Gasteiger partial charge in [0.15, 0.2) is 6.61 Å². The van der Waals surface area contributed by atoms with Gasteiger partial charge >= 0.3 is 6.09 Å². The summed E-state index contributed by atoms with van der Waals surface area (Å²) in [6.45, 7) is 2.14. The summed E-state index contributed by atoms with van der Waals surface area (Å²) in [6, 6.07) is -0.193. The molecular formula is C8H10N2O4. The van der Waals surface area contributed by atoms with Crippen LogP contribution in [-0.2, 0) is 14.3 Å². The third-order valence-corrected chi connectivity index (χ3v) is 2.46. The summed E-state index contributed by atoms with van der Waals surface area (Å²) in [4.78, 5) is 35.8. The number of hydrogen-bond donors (Lipinski definition) is 0. The van der Waals surface area contributed by atoms with Crippen LogP contribution in [0.15, 0.2) is 0 Å². The van der Waals surface area contributed by atoms with E-state index in [1.165, 1.54) is 6.92 Å². The number of imide groups is 1. The molecule has 2 saturated heterocycles. The van der Waals surface area contributed by atoms with Gasteiger partial charge in [-0.15, -0.1) is 0 Å². The number of amides is 3. The first-order chi connectivity index (χ1) is 6.59. The molecule has 6 nitrogen and oxygen atoms in total. The Morgan fingerprint density at radius 2 is 2.07 bits per heavy atom. The standard InChI is InChI=1S/C8H10N2O4/c1-5(11)9-2-6(3-9)10-7(12)4-14-8(10)13/h6H,2-4H2,1H3. The van der Waals surface area contributed by atoms with E-state index in [4.69, 9.17) is 0 Å². The first kappa shape index (κ1) is 8.98. The Kier molecular flexibility index (Phi) is 1.90. The van der Waals surface area contributed by atoms with E-state index in [0.29, 0.717) is 13.1 Å². The number of nitrogens with zero attached hydrogens (tertiary/aromatic N) is 2. The molecule has 0 unspecified atom stereocenters. The molecule has 2 aliphatic heterocycles. The van der Waals surface area contributed by atoms with Crippen molar-refractivity contribution in [2.75, 3.05) is 19.7 Å². The maximum absolute atomic E-state index is 11.2. The van der Waals surface area contributed by atoms with Crippen molar-refractivity contribution in [1.82, 2.24) is 9.80 Å². The zero-order valence-electron chi connectivity index (χ0n) is 7.73. The maximum atomic E-state index is 11.2. The van der Waals surface area contributed by atoms with Gasteiger partial charge in [-0.1, -0.05) is 0 Å². The van der Waals surface area contributed by atoms with Crippen LogP contribution in [0, 0.1) is 0 Å². The lowest BCUT2D eigenvalue weighted by molar-refractivity contribution is -0.140. The molecule has 2 rings (SSSR count). The second-order valence-corrected chi connectivity index (χ2v) is 3.40. The fourth-order valence-electron chi connectivity index (χ4n) is 1.59. The number of rotatable bonds is 1. The molecule has 0 atom stereocenters. The zero-order chi connectivity index (χ0) is 10.3. The van der Waals surface area contributed by atoms with Crippen molar-refractivity contribution in [2.24, 2.45) is 0 Å². The van der Waals surface area contributed by atoms with Gasteiger partial charge in [0.05, 0.1) is 6.04 Å². The quantitative estimate of drug-likeness (QED) is 0.553. The van der Waals surface area contributed by atoms with E-state index in [-0.39, 0.29) is 24.5 Å². The van der Waals surface area contributed by atoms with E-state index < -0.39 is 6.09 Å². The predicted octanol–water partition coefficient (Wildman–Crippen LogP) is -0.804. The first-order valence-corrected chi connectivity index (χ1v) is 4.34. The normalized spacial score (nSPS) is 22.4. The molecule has 0 bridgehead atoms. The van der Waals surface area contributed by atoms with E-state index in [1.54, 1.807) is 4.90 Å². The predicted molar refractivity (Wildman–Crippen MR) is 44.2 cm³/mol. The molecule has 6 heteroatoms. The highest BCUT2D eigenvalue weighted by atomic mass is 16.6. The molecule has 76 valence electrons. The third-order valence-electron chi connectivity index (χ3n) is 2.46.